The molecule has 0 fully saturated rings. The van der Waals surface area contributed by atoms with Gasteiger partial charge in [-0.25, -0.2) is 0 Å². The van der Waals surface area contributed by atoms with Gasteiger partial charge in [-0.1, -0.05) is 0 Å². The third-order valence-corrected chi connectivity index (χ3v) is 3.79. The number of carbonyl (C=O) groups excluding carboxylic acids is 1. The predicted octanol–water partition coefficient (Wildman–Crippen LogP) is -0.158. The highest BCUT2D eigenvalue weighted by atomic mass is 79.9. The largest absolute Gasteiger partial charge is 1.00 e. The number of ether oxygens (including phenoxy) is 1. The molecule has 0 bridgehead atoms. The Kier molecular flexibility index (Phi) is 8.09. The number of rotatable bonds is 6. The van der Waals surface area contributed by atoms with E-state index < -0.39 is 0 Å². The monoisotopic (exact) mass is 428 g/mol. The van der Waals surface area contributed by atoms with E-state index in [1.165, 1.54) is 0 Å². The number of ketones is 1. The van der Waals surface area contributed by atoms with E-state index in [0.29, 0.717) is 23.3 Å². The van der Waals surface area contributed by atoms with Crippen molar-refractivity contribution in [2.75, 3.05) is 39.5 Å². The average molecular weight is 431 g/mol. The van der Waals surface area contributed by atoms with E-state index in [1.807, 2.05) is 14.1 Å². The maximum absolute atomic E-state index is 11.2. The lowest BCUT2D eigenvalue weighted by Gasteiger charge is -2.28. The van der Waals surface area contributed by atoms with E-state index >= 15 is 0 Å². The Hall–Kier alpha value is -0.300. The average Bonchev–Trinajstić information content (AvgIpc) is 2.19. The van der Waals surface area contributed by atoms with E-state index in [-0.39, 0.29) is 18.2 Å². The van der Waals surface area contributed by atoms with E-state index in [9.17, 15) is 4.79 Å². The van der Waals surface area contributed by atoms with Crippen LogP contribution in [-0.2, 0) is 4.79 Å². The molecule has 0 saturated carbocycles. The number of nitrogens with two attached hydrogens (primary N) is 1. The zero-order chi connectivity index (χ0) is 14.6. The van der Waals surface area contributed by atoms with E-state index in [1.54, 1.807) is 19.1 Å². The van der Waals surface area contributed by atoms with Gasteiger partial charge in [0.2, 0.25) is 0 Å². The lowest BCUT2D eigenvalue weighted by atomic mass is 10.3. The summed E-state index contributed by atoms with van der Waals surface area (Å²) in [6.45, 7) is 3.39. The van der Waals surface area contributed by atoms with Crippen molar-refractivity contribution in [3.63, 3.8) is 0 Å². The number of carbonyl (C=O) groups is 1. The molecule has 0 aliphatic heterocycles. The Morgan fingerprint density at radius 1 is 1.30 bits per heavy atom. The number of halogens is 3. The molecule has 4 nitrogen and oxygen atoms in total. The minimum Gasteiger partial charge on any atom is -1.00 e. The van der Waals surface area contributed by atoms with Gasteiger partial charge in [0.15, 0.2) is 5.78 Å². The van der Waals surface area contributed by atoms with Gasteiger partial charge in [0.05, 0.1) is 23.0 Å². The molecule has 1 rings (SSSR count). The zero-order valence-electron chi connectivity index (χ0n) is 11.8. The summed E-state index contributed by atoms with van der Waals surface area (Å²) < 4.78 is 8.01. The molecule has 7 heteroatoms. The van der Waals surface area contributed by atoms with Crippen LogP contribution in [0.2, 0.25) is 0 Å². The lowest BCUT2D eigenvalue weighted by Crippen LogP contribution is -3.00. The summed E-state index contributed by atoms with van der Waals surface area (Å²) in [5, 5.41) is 0. The SMILES string of the molecule is CC(=O)C[N+](C)(C)CCOc1c(Br)cc(N)cc1Br.[Cl-]. The molecule has 0 amide bonds. The highest BCUT2D eigenvalue weighted by Crippen LogP contribution is 2.35. The third-order valence-electron chi connectivity index (χ3n) is 2.61. The smallest absolute Gasteiger partial charge is 0.183 e. The highest BCUT2D eigenvalue weighted by molar-refractivity contribution is 9.11. The standard InChI is InChI=1S/C13H19Br2N2O2.ClH/c1-9(18)8-17(2,3)4-5-19-13-11(14)6-10(16)7-12(13)15;/h6-7H,4-5,8,16H2,1-3H3;1H/q+1;/p-1. The Labute approximate surface area is 142 Å². The van der Waals surface area contributed by atoms with E-state index in [2.05, 4.69) is 31.9 Å². The quantitative estimate of drug-likeness (QED) is 0.504. The zero-order valence-corrected chi connectivity index (χ0v) is 15.7. The van der Waals surface area contributed by atoms with Gasteiger partial charge in [-0.15, -0.1) is 0 Å². The fraction of sp³-hybridized carbons (Fsp3) is 0.462. The molecule has 0 radical (unpaired) electrons. The second-order valence-electron chi connectivity index (χ2n) is 5.18. The van der Waals surface area contributed by atoms with Gasteiger partial charge in [-0.3, -0.25) is 4.79 Å². The summed E-state index contributed by atoms with van der Waals surface area (Å²) in [6.07, 6.45) is 0. The van der Waals surface area contributed by atoms with Gasteiger partial charge in [-0.05, 0) is 44.0 Å². The van der Waals surface area contributed by atoms with Crippen LogP contribution in [0.1, 0.15) is 6.92 Å². The minimum absolute atomic E-state index is 0. The Bertz CT molecular complexity index is 458. The molecule has 0 saturated heterocycles. The normalized spacial score (nSPS) is 10.8. The summed E-state index contributed by atoms with van der Waals surface area (Å²) in [5.41, 5.74) is 6.39. The number of benzene rings is 1. The van der Waals surface area contributed by atoms with Gasteiger partial charge in [0.25, 0.3) is 0 Å². The molecule has 1 aromatic carbocycles. The summed E-state index contributed by atoms with van der Waals surface area (Å²) in [5.74, 6) is 0.914. The van der Waals surface area contributed by atoms with Gasteiger partial charge in [-0.2, -0.15) is 0 Å². The van der Waals surface area contributed by atoms with Crippen molar-refractivity contribution in [3.05, 3.63) is 21.1 Å². The Morgan fingerprint density at radius 2 is 1.80 bits per heavy atom. The van der Waals surface area contributed by atoms with Crippen molar-refractivity contribution < 1.29 is 26.4 Å². The van der Waals surface area contributed by atoms with Crippen LogP contribution in [0.4, 0.5) is 5.69 Å². The maximum Gasteiger partial charge on any atom is 0.183 e. The Morgan fingerprint density at radius 3 is 2.25 bits per heavy atom. The Balaban J connectivity index is 0.00000361. The van der Waals surface area contributed by atoms with Crippen LogP contribution in [0.15, 0.2) is 21.1 Å². The first-order valence-corrected chi connectivity index (χ1v) is 7.48. The summed E-state index contributed by atoms with van der Waals surface area (Å²) in [4.78, 5) is 11.2. The van der Waals surface area contributed by atoms with Gasteiger partial charge < -0.3 is 27.4 Å². The minimum atomic E-state index is 0. The van der Waals surface area contributed by atoms with Crippen LogP contribution in [0.5, 0.6) is 5.75 Å². The van der Waals surface area contributed by atoms with Crippen molar-refractivity contribution in [2.45, 2.75) is 6.92 Å². The molecule has 0 atom stereocenters. The molecular formula is C13H19Br2ClN2O2. The fourth-order valence-electron chi connectivity index (χ4n) is 1.79. The predicted molar refractivity (Wildman–Crippen MR) is 84.3 cm³/mol. The molecular weight excluding hydrogens is 411 g/mol. The number of hydrogen-bond donors (Lipinski definition) is 1. The first-order chi connectivity index (χ1) is 8.71. The molecule has 1 aromatic rings. The summed E-state index contributed by atoms with van der Waals surface area (Å²) in [6, 6.07) is 3.60. The molecule has 2 N–H and O–H groups in total. The van der Waals surface area contributed by atoms with Crippen LogP contribution < -0.4 is 22.9 Å². The molecule has 0 aliphatic carbocycles. The molecule has 0 spiro atoms. The third kappa shape index (κ3) is 6.43. The molecule has 0 aliphatic rings. The van der Waals surface area contributed by atoms with Crippen LogP contribution >= 0.6 is 31.9 Å². The number of quaternary nitrogens is 1. The van der Waals surface area contributed by atoms with Gasteiger partial charge in [0, 0.05) is 12.6 Å². The molecule has 0 aromatic heterocycles. The van der Waals surface area contributed by atoms with Crippen molar-refractivity contribution >= 4 is 43.3 Å². The maximum atomic E-state index is 11.2. The van der Waals surface area contributed by atoms with Crippen LogP contribution in [0.3, 0.4) is 0 Å². The summed E-state index contributed by atoms with van der Waals surface area (Å²) in [7, 11) is 4.02. The van der Waals surface area contributed by atoms with Crippen molar-refractivity contribution in [3.8, 4) is 5.75 Å². The molecule has 114 valence electrons. The second-order valence-corrected chi connectivity index (χ2v) is 6.89. The fourth-order valence-corrected chi connectivity index (χ4v) is 3.24. The number of likely N-dealkylation sites (N-methyl/N-ethyl adjacent to an activating group) is 1. The number of anilines is 1. The first kappa shape index (κ1) is 19.7. The molecule has 0 heterocycles. The van der Waals surface area contributed by atoms with Gasteiger partial charge >= 0.3 is 0 Å². The van der Waals surface area contributed by atoms with Crippen molar-refractivity contribution in [1.29, 1.82) is 0 Å². The number of hydrogen-bond acceptors (Lipinski definition) is 3. The second kappa shape index (κ2) is 8.22. The van der Waals surface area contributed by atoms with E-state index in [4.69, 9.17) is 10.5 Å². The molecule has 20 heavy (non-hydrogen) atoms. The van der Waals surface area contributed by atoms with Crippen molar-refractivity contribution in [2.24, 2.45) is 0 Å². The van der Waals surface area contributed by atoms with Gasteiger partial charge in [0.1, 0.15) is 25.4 Å². The van der Waals surface area contributed by atoms with Crippen LogP contribution in [-0.4, -0.2) is 44.1 Å². The summed E-state index contributed by atoms with van der Waals surface area (Å²) >= 11 is 6.85. The number of Topliss-reactive ketones (excluding diaryl/α,β-unsaturated/α-hetero) is 1. The first-order valence-electron chi connectivity index (χ1n) is 5.90. The van der Waals surface area contributed by atoms with Crippen molar-refractivity contribution in [1.82, 2.24) is 0 Å². The highest BCUT2D eigenvalue weighted by Gasteiger charge is 2.18. The number of nitrogen functional groups attached to an aromatic ring is 1. The van der Waals surface area contributed by atoms with E-state index in [0.717, 1.165) is 21.2 Å². The topological polar surface area (TPSA) is 52.3 Å². The lowest BCUT2D eigenvalue weighted by molar-refractivity contribution is -0.882. The molecule has 0 unspecified atom stereocenters. The number of nitrogens with zero attached hydrogens (tertiary/aromatic N) is 1. The van der Waals surface area contributed by atoms with Crippen LogP contribution in [0.25, 0.3) is 0 Å². The van der Waals surface area contributed by atoms with Crippen LogP contribution in [0, 0.1) is 0 Å².